The van der Waals surface area contributed by atoms with Gasteiger partial charge in [-0.15, -0.1) is 0 Å². The predicted molar refractivity (Wildman–Crippen MR) is 59.6 cm³/mol. The van der Waals surface area contributed by atoms with Gasteiger partial charge in [0.2, 0.25) is 5.91 Å². The fraction of sp³-hybridized carbons (Fsp3) is 0.800. The topological polar surface area (TPSA) is 52.7 Å². The van der Waals surface area contributed by atoms with E-state index in [1.54, 1.807) is 16.8 Å². The summed E-state index contributed by atoms with van der Waals surface area (Å²) in [5, 5.41) is 2.66. The standard InChI is InChI=1S/C5H9NO.C4H8N2O.CH4/c1-6-4-2-3-5(6)7;1-6-3-2-5-4(6)7;/h2-4H2,1H3;2-3H2,1H3,(H,5,7);1H4. The van der Waals surface area contributed by atoms with E-state index in [9.17, 15) is 9.59 Å². The maximum absolute atomic E-state index is 10.5. The number of nitrogens with one attached hydrogen (secondary N) is 1. The Balaban J connectivity index is 0.000000245. The van der Waals surface area contributed by atoms with Crippen LogP contribution in [0, 0.1) is 0 Å². The number of amides is 3. The van der Waals surface area contributed by atoms with E-state index in [0.29, 0.717) is 5.91 Å². The van der Waals surface area contributed by atoms with E-state index in [4.69, 9.17) is 0 Å². The Morgan fingerprint density at radius 2 is 1.80 bits per heavy atom. The molecule has 0 aliphatic carbocycles. The summed E-state index contributed by atoms with van der Waals surface area (Å²) in [7, 11) is 3.62. The van der Waals surface area contributed by atoms with Crippen LogP contribution in [-0.2, 0) is 4.79 Å². The average Bonchev–Trinajstić information content (AvgIpc) is 2.67. The Labute approximate surface area is 91.4 Å². The first-order valence-corrected chi connectivity index (χ1v) is 4.84. The number of urea groups is 1. The lowest BCUT2D eigenvalue weighted by atomic mass is 10.4. The van der Waals surface area contributed by atoms with Gasteiger partial charge < -0.3 is 15.1 Å². The molecule has 0 aromatic carbocycles. The molecular formula is C10H21N3O2. The van der Waals surface area contributed by atoms with Gasteiger partial charge in [-0.25, -0.2) is 4.79 Å². The van der Waals surface area contributed by atoms with Crippen molar-refractivity contribution < 1.29 is 9.59 Å². The molecule has 0 unspecified atom stereocenters. The van der Waals surface area contributed by atoms with Crippen molar-refractivity contribution >= 4 is 11.9 Å². The Morgan fingerprint density at radius 3 is 1.93 bits per heavy atom. The van der Waals surface area contributed by atoms with E-state index in [0.717, 1.165) is 32.5 Å². The fourth-order valence-electron chi connectivity index (χ4n) is 1.35. The van der Waals surface area contributed by atoms with Crippen molar-refractivity contribution in [3.8, 4) is 0 Å². The SMILES string of the molecule is C.CN1CCCC1=O.CN1CCNC1=O. The van der Waals surface area contributed by atoms with Crippen LogP contribution < -0.4 is 5.32 Å². The van der Waals surface area contributed by atoms with Crippen LogP contribution in [0.2, 0.25) is 0 Å². The number of nitrogens with zero attached hydrogens (tertiary/aromatic N) is 2. The Hall–Kier alpha value is -1.26. The molecule has 0 bridgehead atoms. The van der Waals surface area contributed by atoms with Crippen LogP contribution in [0.5, 0.6) is 0 Å². The molecule has 0 atom stereocenters. The molecule has 0 aromatic heterocycles. The zero-order valence-electron chi connectivity index (χ0n) is 8.75. The van der Waals surface area contributed by atoms with E-state index in [1.165, 1.54) is 0 Å². The third-order valence-corrected chi connectivity index (χ3v) is 2.38. The van der Waals surface area contributed by atoms with Crippen LogP contribution in [-0.4, -0.2) is 55.5 Å². The van der Waals surface area contributed by atoms with Gasteiger partial charge in [-0.1, -0.05) is 7.43 Å². The number of likely N-dealkylation sites (N-methyl/N-ethyl adjacent to an activating group) is 1. The summed E-state index contributed by atoms with van der Waals surface area (Å²) in [5.41, 5.74) is 0. The largest absolute Gasteiger partial charge is 0.346 e. The smallest absolute Gasteiger partial charge is 0.317 e. The molecule has 2 saturated heterocycles. The lowest BCUT2D eigenvalue weighted by molar-refractivity contribution is -0.126. The third-order valence-electron chi connectivity index (χ3n) is 2.38. The highest BCUT2D eigenvalue weighted by atomic mass is 16.2. The summed E-state index contributed by atoms with van der Waals surface area (Å²) < 4.78 is 0. The molecular weight excluding hydrogens is 194 g/mol. The number of carbonyl (C=O) groups is 2. The number of hydrogen-bond acceptors (Lipinski definition) is 2. The van der Waals surface area contributed by atoms with Crippen LogP contribution >= 0.6 is 0 Å². The zero-order valence-corrected chi connectivity index (χ0v) is 8.75. The molecule has 0 saturated carbocycles. The first-order chi connectivity index (χ1) is 6.61. The minimum Gasteiger partial charge on any atom is -0.346 e. The lowest BCUT2D eigenvalue weighted by Crippen LogP contribution is -2.23. The maximum Gasteiger partial charge on any atom is 0.317 e. The van der Waals surface area contributed by atoms with Crippen LogP contribution in [0.1, 0.15) is 20.3 Å². The molecule has 15 heavy (non-hydrogen) atoms. The second kappa shape index (κ2) is 6.27. The molecule has 0 radical (unpaired) electrons. The maximum atomic E-state index is 10.5. The highest BCUT2D eigenvalue weighted by Gasteiger charge is 2.14. The molecule has 88 valence electrons. The van der Waals surface area contributed by atoms with Crippen molar-refractivity contribution in [3.05, 3.63) is 0 Å². The van der Waals surface area contributed by atoms with E-state index < -0.39 is 0 Å². The van der Waals surface area contributed by atoms with E-state index in [2.05, 4.69) is 5.32 Å². The molecule has 2 aliphatic heterocycles. The predicted octanol–water partition coefficient (Wildman–Crippen LogP) is 0.516. The fourth-order valence-corrected chi connectivity index (χ4v) is 1.35. The molecule has 0 aromatic rings. The molecule has 2 aliphatic rings. The summed E-state index contributed by atoms with van der Waals surface area (Å²) >= 11 is 0. The zero-order chi connectivity index (χ0) is 10.6. The molecule has 5 heteroatoms. The Morgan fingerprint density at radius 1 is 1.13 bits per heavy atom. The lowest BCUT2D eigenvalue weighted by Gasteiger charge is -2.03. The van der Waals surface area contributed by atoms with Crippen LogP contribution in [0.15, 0.2) is 0 Å². The molecule has 0 spiro atoms. The van der Waals surface area contributed by atoms with E-state index >= 15 is 0 Å². The van der Waals surface area contributed by atoms with Gasteiger partial charge in [-0.3, -0.25) is 4.79 Å². The number of hydrogen-bond donors (Lipinski definition) is 1. The van der Waals surface area contributed by atoms with Gasteiger partial charge in [-0.05, 0) is 6.42 Å². The summed E-state index contributed by atoms with van der Waals surface area (Å²) in [6, 6.07) is 0.0417. The molecule has 2 heterocycles. The van der Waals surface area contributed by atoms with Crippen LogP contribution in [0.3, 0.4) is 0 Å². The minimum absolute atomic E-state index is 0. The van der Waals surface area contributed by atoms with Crippen LogP contribution in [0.25, 0.3) is 0 Å². The highest BCUT2D eigenvalue weighted by Crippen LogP contribution is 2.04. The van der Waals surface area contributed by atoms with E-state index in [-0.39, 0.29) is 13.5 Å². The van der Waals surface area contributed by atoms with Crippen molar-refractivity contribution in [2.75, 3.05) is 33.7 Å². The summed E-state index contributed by atoms with van der Waals surface area (Å²) in [5.74, 6) is 0.292. The second-order valence-corrected chi connectivity index (χ2v) is 3.57. The van der Waals surface area contributed by atoms with E-state index in [1.807, 2.05) is 7.05 Å². The van der Waals surface area contributed by atoms with Gasteiger partial charge in [0, 0.05) is 40.2 Å². The van der Waals surface area contributed by atoms with Gasteiger partial charge in [0.25, 0.3) is 0 Å². The van der Waals surface area contributed by atoms with Gasteiger partial charge in [0.05, 0.1) is 0 Å². The molecule has 2 rings (SSSR count). The number of carbonyl (C=O) groups excluding carboxylic acids is 2. The van der Waals surface area contributed by atoms with Crippen molar-refractivity contribution in [2.45, 2.75) is 20.3 Å². The monoisotopic (exact) mass is 215 g/mol. The minimum atomic E-state index is 0. The molecule has 5 nitrogen and oxygen atoms in total. The van der Waals surface area contributed by atoms with Gasteiger partial charge in [0.1, 0.15) is 0 Å². The van der Waals surface area contributed by atoms with Gasteiger partial charge >= 0.3 is 6.03 Å². The van der Waals surface area contributed by atoms with Gasteiger partial charge in [0.15, 0.2) is 0 Å². The summed E-state index contributed by atoms with van der Waals surface area (Å²) in [6.45, 7) is 2.60. The average molecular weight is 215 g/mol. The Bertz CT molecular complexity index is 207. The summed E-state index contributed by atoms with van der Waals surface area (Å²) in [6.07, 6.45) is 1.81. The third kappa shape index (κ3) is 4.18. The quantitative estimate of drug-likeness (QED) is 0.640. The van der Waals surface area contributed by atoms with Crippen molar-refractivity contribution in [1.82, 2.24) is 15.1 Å². The second-order valence-electron chi connectivity index (χ2n) is 3.57. The first kappa shape index (κ1) is 13.7. The van der Waals surface area contributed by atoms with Crippen molar-refractivity contribution in [3.63, 3.8) is 0 Å². The van der Waals surface area contributed by atoms with Crippen molar-refractivity contribution in [1.29, 1.82) is 0 Å². The first-order valence-electron chi connectivity index (χ1n) is 4.84. The Kier molecular flexibility index (Phi) is 5.74. The number of rotatable bonds is 0. The normalized spacial score (nSPS) is 19.3. The molecule has 1 N–H and O–H groups in total. The number of likely N-dealkylation sites (tertiary alicyclic amines) is 1. The van der Waals surface area contributed by atoms with Crippen molar-refractivity contribution in [2.24, 2.45) is 0 Å². The summed E-state index contributed by atoms with van der Waals surface area (Å²) in [4.78, 5) is 24.3. The molecule has 3 amide bonds. The molecule has 2 fully saturated rings. The highest BCUT2D eigenvalue weighted by molar-refractivity contribution is 5.77. The van der Waals surface area contributed by atoms with Crippen LogP contribution in [0.4, 0.5) is 4.79 Å². The van der Waals surface area contributed by atoms with Gasteiger partial charge in [-0.2, -0.15) is 0 Å².